The summed E-state index contributed by atoms with van der Waals surface area (Å²) < 4.78 is 15.4. The predicted molar refractivity (Wildman–Crippen MR) is 188 cm³/mol. The van der Waals surface area contributed by atoms with Crippen LogP contribution in [0.1, 0.15) is 57.0 Å². The van der Waals surface area contributed by atoms with E-state index in [1.165, 1.54) is 0 Å². The van der Waals surface area contributed by atoms with E-state index in [1.807, 2.05) is 82.3 Å². The molecule has 0 saturated carbocycles. The molecule has 0 aliphatic carbocycles. The zero-order valence-electron chi connectivity index (χ0n) is 28.8. The van der Waals surface area contributed by atoms with Gasteiger partial charge in [0.05, 0.1) is 5.52 Å². The maximum Gasteiger partial charge on any atom is 0.407 e. The predicted octanol–water partition coefficient (Wildman–Crippen LogP) is 6.84. The summed E-state index contributed by atoms with van der Waals surface area (Å²) in [5.74, 6) is -1.44. The van der Waals surface area contributed by atoms with Crippen molar-refractivity contribution in [2.45, 2.75) is 66.7 Å². The molecule has 4 aromatic rings. The van der Waals surface area contributed by atoms with Gasteiger partial charge in [0.25, 0.3) is 0 Å². The van der Waals surface area contributed by atoms with Gasteiger partial charge in [0.2, 0.25) is 0 Å². The summed E-state index contributed by atoms with van der Waals surface area (Å²) in [6.45, 7) is 11.1. The summed E-state index contributed by atoms with van der Waals surface area (Å²) in [4.78, 5) is 54.3. The quantitative estimate of drug-likeness (QED) is 0.0839. The fourth-order valence-corrected chi connectivity index (χ4v) is 5.03. The van der Waals surface area contributed by atoms with Crippen LogP contribution in [0.4, 0.5) is 15.3 Å². The van der Waals surface area contributed by atoms with Crippen LogP contribution >= 0.6 is 0 Å². The third-order valence-electron chi connectivity index (χ3n) is 7.18. The van der Waals surface area contributed by atoms with Crippen molar-refractivity contribution in [2.75, 3.05) is 18.4 Å². The summed E-state index contributed by atoms with van der Waals surface area (Å²) in [6, 6.07) is 22.8. The molecule has 0 radical (unpaired) electrons. The van der Waals surface area contributed by atoms with E-state index < -0.39 is 36.3 Å². The molecule has 11 heteroatoms. The van der Waals surface area contributed by atoms with Crippen LogP contribution < -0.4 is 16.0 Å². The van der Waals surface area contributed by atoms with Crippen molar-refractivity contribution in [3.05, 3.63) is 95.2 Å². The zero-order valence-corrected chi connectivity index (χ0v) is 28.8. The average Bonchev–Trinajstić information content (AvgIpc) is 3.04. The zero-order chi connectivity index (χ0) is 35.6. The van der Waals surface area contributed by atoms with E-state index in [9.17, 15) is 19.2 Å². The number of carbonyl (C=O) groups is 4. The first-order chi connectivity index (χ1) is 23.3. The molecule has 0 atom stereocenters. The Morgan fingerprint density at radius 1 is 0.837 bits per heavy atom. The molecule has 4 rings (SSSR count). The van der Waals surface area contributed by atoms with Crippen LogP contribution in [0.2, 0.25) is 0 Å². The molecule has 3 N–H and O–H groups in total. The van der Waals surface area contributed by atoms with E-state index >= 15 is 0 Å². The minimum Gasteiger partial charge on any atom is -0.445 e. The number of fused-ring (bicyclic) bond motifs is 1. The Morgan fingerprint density at radius 3 is 2.20 bits per heavy atom. The number of amides is 2. The van der Waals surface area contributed by atoms with E-state index in [-0.39, 0.29) is 19.7 Å². The summed E-state index contributed by atoms with van der Waals surface area (Å²) in [7, 11) is 0. The summed E-state index contributed by atoms with van der Waals surface area (Å²) >= 11 is 0. The van der Waals surface area contributed by atoms with Gasteiger partial charge in [0.1, 0.15) is 25.3 Å². The fraction of sp³-hybridized carbons (Fsp3) is 0.342. The van der Waals surface area contributed by atoms with Gasteiger partial charge < -0.3 is 30.2 Å². The maximum absolute atomic E-state index is 12.7. The van der Waals surface area contributed by atoms with Gasteiger partial charge in [-0.3, -0.25) is 4.98 Å². The lowest BCUT2D eigenvalue weighted by atomic mass is 9.91. The second kappa shape index (κ2) is 16.6. The lowest BCUT2D eigenvalue weighted by Crippen LogP contribution is -2.33. The number of aromatic nitrogens is 1. The van der Waals surface area contributed by atoms with E-state index in [0.29, 0.717) is 18.0 Å². The molecule has 2 amide bonds. The third-order valence-corrected chi connectivity index (χ3v) is 7.18. The molecule has 1 heterocycles. The van der Waals surface area contributed by atoms with Gasteiger partial charge in [-0.15, -0.1) is 0 Å². The van der Waals surface area contributed by atoms with Gasteiger partial charge in [0, 0.05) is 28.9 Å². The number of nitrogens with one attached hydrogen (secondary N) is 3. The van der Waals surface area contributed by atoms with Crippen LogP contribution in [0, 0.1) is 12.8 Å². The molecule has 3 aromatic carbocycles. The van der Waals surface area contributed by atoms with Crippen LogP contribution in [-0.2, 0) is 43.4 Å². The Balaban J connectivity index is 1.50. The highest BCUT2D eigenvalue weighted by molar-refractivity contribution is 5.99. The largest absolute Gasteiger partial charge is 0.445 e. The van der Waals surface area contributed by atoms with Gasteiger partial charge in [-0.2, -0.15) is 0 Å². The lowest BCUT2D eigenvalue weighted by Gasteiger charge is -2.22. The standard InChI is InChI=1S/C38H44N4O7/c1-24(2)18-32-30(20-40-37(46)49-38(4,5)6)35(27-14-12-25(3)13-15-27)29-19-28(16-17-31(29)42-32)39-21-33(43)48-34(44)22-41-36(45)47-23-26-10-8-7-9-11-26/h7-17,19,24,39H,18,20-23H2,1-6H3,(H,40,46)(H,41,45). The minimum absolute atomic E-state index is 0.0399. The normalized spacial score (nSPS) is 11.2. The highest BCUT2D eigenvalue weighted by Crippen LogP contribution is 2.36. The first-order valence-corrected chi connectivity index (χ1v) is 16.2. The molecule has 0 bridgehead atoms. The molecule has 0 aliphatic rings. The molecule has 0 spiro atoms. The van der Waals surface area contributed by atoms with Crippen molar-refractivity contribution in [2.24, 2.45) is 5.92 Å². The number of esters is 2. The van der Waals surface area contributed by atoms with E-state index in [1.54, 1.807) is 18.2 Å². The number of hydrogen-bond donors (Lipinski definition) is 3. The van der Waals surface area contributed by atoms with E-state index in [0.717, 1.165) is 44.4 Å². The van der Waals surface area contributed by atoms with Crippen molar-refractivity contribution in [3.63, 3.8) is 0 Å². The lowest BCUT2D eigenvalue weighted by molar-refractivity contribution is -0.157. The monoisotopic (exact) mass is 668 g/mol. The number of ether oxygens (including phenoxy) is 3. The van der Waals surface area contributed by atoms with Crippen molar-refractivity contribution in [3.8, 4) is 11.1 Å². The van der Waals surface area contributed by atoms with Crippen molar-refractivity contribution in [1.29, 1.82) is 0 Å². The first-order valence-electron chi connectivity index (χ1n) is 16.2. The maximum atomic E-state index is 12.7. The number of alkyl carbamates (subject to hydrolysis) is 2. The molecule has 11 nitrogen and oxygen atoms in total. The van der Waals surface area contributed by atoms with Crippen LogP contribution in [0.3, 0.4) is 0 Å². The number of carbonyl (C=O) groups excluding carboxylic acids is 4. The third kappa shape index (κ3) is 11.3. The van der Waals surface area contributed by atoms with Gasteiger partial charge >= 0.3 is 24.1 Å². The number of hydrogen-bond acceptors (Lipinski definition) is 9. The average molecular weight is 669 g/mol. The molecule has 0 fully saturated rings. The topological polar surface area (TPSA) is 145 Å². The molecule has 0 aliphatic heterocycles. The van der Waals surface area contributed by atoms with Crippen LogP contribution in [0.5, 0.6) is 0 Å². The van der Waals surface area contributed by atoms with Crippen LogP contribution in [0.15, 0.2) is 72.8 Å². The molecule has 258 valence electrons. The SMILES string of the molecule is Cc1ccc(-c2c(CNC(=O)OC(C)(C)C)c(CC(C)C)nc3ccc(NCC(=O)OC(=O)CNC(=O)OCc4ccccc4)cc23)cc1. The van der Waals surface area contributed by atoms with Crippen LogP contribution in [0.25, 0.3) is 22.0 Å². The summed E-state index contributed by atoms with van der Waals surface area (Å²) in [6.07, 6.45) is -0.641. The Bertz CT molecular complexity index is 1780. The minimum atomic E-state index is -0.923. The van der Waals surface area contributed by atoms with Crippen molar-refractivity contribution >= 4 is 40.7 Å². The Hall–Kier alpha value is -5.45. The highest BCUT2D eigenvalue weighted by atomic mass is 16.6. The number of benzene rings is 3. The van der Waals surface area contributed by atoms with Crippen molar-refractivity contribution < 1.29 is 33.4 Å². The summed E-state index contributed by atoms with van der Waals surface area (Å²) in [5.41, 5.74) is 6.18. The Kier molecular flexibility index (Phi) is 12.3. The van der Waals surface area contributed by atoms with Gasteiger partial charge in [0.15, 0.2) is 0 Å². The Labute approximate surface area is 286 Å². The number of nitrogens with zero attached hydrogens (tertiary/aromatic N) is 1. The molecule has 49 heavy (non-hydrogen) atoms. The second-order valence-electron chi connectivity index (χ2n) is 13.1. The molecule has 1 aromatic heterocycles. The van der Waals surface area contributed by atoms with Crippen molar-refractivity contribution in [1.82, 2.24) is 15.6 Å². The molecule has 0 unspecified atom stereocenters. The van der Waals surface area contributed by atoms with E-state index in [4.69, 9.17) is 19.2 Å². The van der Waals surface area contributed by atoms with Gasteiger partial charge in [-0.25, -0.2) is 19.2 Å². The first kappa shape index (κ1) is 36.4. The van der Waals surface area contributed by atoms with Gasteiger partial charge in [-0.1, -0.05) is 74.0 Å². The smallest absolute Gasteiger partial charge is 0.407 e. The molecular formula is C38H44N4O7. The van der Waals surface area contributed by atoms with E-state index in [2.05, 4.69) is 29.8 Å². The second-order valence-corrected chi connectivity index (χ2v) is 13.1. The number of pyridine rings is 1. The molecular weight excluding hydrogens is 624 g/mol. The highest BCUT2D eigenvalue weighted by Gasteiger charge is 2.21. The Morgan fingerprint density at radius 2 is 1.53 bits per heavy atom. The van der Waals surface area contributed by atoms with Crippen LogP contribution in [-0.4, -0.2) is 47.8 Å². The molecule has 0 saturated heterocycles. The number of aryl methyl sites for hydroxylation is 1. The number of anilines is 1. The van der Waals surface area contributed by atoms with Gasteiger partial charge in [-0.05, 0) is 74.9 Å². The number of rotatable bonds is 12. The fourth-order valence-electron chi connectivity index (χ4n) is 5.03. The summed E-state index contributed by atoms with van der Waals surface area (Å²) in [5, 5.41) is 9.02.